The summed E-state index contributed by atoms with van der Waals surface area (Å²) >= 11 is 1.61. The summed E-state index contributed by atoms with van der Waals surface area (Å²) in [4.78, 5) is 9.08. The second-order valence-electron chi connectivity index (χ2n) is 7.38. The van der Waals surface area contributed by atoms with E-state index in [1.54, 1.807) is 17.7 Å². The smallest absolute Gasteiger partial charge is 0.127 e. The van der Waals surface area contributed by atoms with Crippen LogP contribution in [-0.2, 0) is 20.1 Å². The van der Waals surface area contributed by atoms with Crippen LogP contribution in [0.3, 0.4) is 0 Å². The van der Waals surface area contributed by atoms with Crippen molar-refractivity contribution in [2.45, 2.75) is 0 Å². The Balaban J connectivity index is 0.00000228. The van der Waals surface area contributed by atoms with Crippen LogP contribution in [-0.4, -0.2) is 19.7 Å². The monoisotopic (exact) mass is 622 g/mol. The molecular formula is C27H17IrN4S-. The maximum absolute atomic E-state index is 4.67. The summed E-state index contributed by atoms with van der Waals surface area (Å²) in [5.41, 5.74) is 9.08. The molecule has 0 bridgehead atoms. The fraction of sp³-hybridized carbons (Fsp3) is 0. The summed E-state index contributed by atoms with van der Waals surface area (Å²) in [7, 11) is 0. The summed E-state index contributed by atoms with van der Waals surface area (Å²) in [5, 5.41) is 4.67. The molecule has 0 spiro atoms. The van der Waals surface area contributed by atoms with Gasteiger partial charge in [0.2, 0.25) is 0 Å². The van der Waals surface area contributed by atoms with Crippen molar-refractivity contribution in [1.82, 2.24) is 19.7 Å². The third kappa shape index (κ3) is 3.93. The Morgan fingerprint density at radius 3 is 2.09 bits per heavy atom. The van der Waals surface area contributed by atoms with Crippen LogP contribution >= 0.6 is 11.3 Å². The average Bonchev–Trinajstić information content (AvgIpc) is 3.54. The SMILES string of the molecule is [Ir].[c-]1cc2scnc2cc1-c1ncnn1-c1c(-c2ccccc2)cccc1-c1ccccc1. The Hall–Kier alpha value is -3.44. The van der Waals surface area contributed by atoms with Gasteiger partial charge in [-0.3, -0.25) is 14.6 Å². The molecule has 0 unspecified atom stereocenters. The number of thiazole rings is 1. The van der Waals surface area contributed by atoms with Crippen molar-refractivity contribution in [2.75, 3.05) is 0 Å². The van der Waals surface area contributed by atoms with Crippen LogP contribution in [0.25, 0.3) is 49.5 Å². The van der Waals surface area contributed by atoms with Gasteiger partial charge in [-0.15, -0.1) is 23.8 Å². The van der Waals surface area contributed by atoms with Crippen LogP contribution < -0.4 is 0 Å². The van der Waals surface area contributed by atoms with E-state index in [1.165, 1.54) is 0 Å². The van der Waals surface area contributed by atoms with Gasteiger partial charge in [-0.1, -0.05) is 78.9 Å². The third-order valence-corrected chi connectivity index (χ3v) is 6.26. The van der Waals surface area contributed by atoms with E-state index in [9.17, 15) is 0 Å². The van der Waals surface area contributed by atoms with E-state index in [1.807, 2.05) is 34.5 Å². The van der Waals surface area contributed by atoms with Crippen molar-refractivity contribution in [1.29, 1.82) is 0 Å². The van der Waals surface area contributed by atoms with Gasteiger partial charge < -0.3 is 0 Å². The zero-order chi connectivity index (χ0) is 21.3. The van der Waals surface area contributed by atoms with Crippen molar-refractivity contribution in [2.24, 2.45) is 0 Å². The van der Waals surface area contributed by atoms with Crippen molar-refractivity contribution >= 4 is 21.6 Å². The van der Waals surface area contributed by atoms with E-state index in [2.05, 4.69) is 87.9 Å². The van der Waals surface area contributed by atoms with Crippen molar-refractivity contribution in [3.8, 4) is 39.3 Å². The maximum Gasteiger partial charge on any atom is 0.127 e. The van der Waals surface area contributed by atoms with Gasteiger partial charge in [-0.25, -0.2) is 0 Å². The molecule has 2 aromatic heterocycles. The molecule has 1 radical (unpaired) electrons. The van der Waals surface area contributed by atoms with Gasteiger partial charge in [0.1, 0.15) is 6.33 Å². The summed E-state index contributed by atoms with van der Waals surface area (Å²) in [6, 6.07) is 34.5. The predicted molar refractivity (Wildman–Crippen MR) is 130 cm³/mol. The van der Waals surface area contributed by atoms with Crippen LogP contribution in [0, 0.1) is 6.07 Å². The molecule has 0 fully saturated rings. The minimum atomic E-state index is 0. The molecule has 6 heteroatoms. The number of hydrogen-bond acceptors (Lipinski definition) is 4. The Bertz CT molecular complexity index is 1470. The molecule has 0 atom stereocenters. The first-order valence-electron chi connectivity index (χ1n) is 10.3. The van der Waals surface area contributed by atoms with E-state index in [0.29, 0.717) is 0 Å². The molecule has 0 saturated carbocycles. The third-order valence-electron chi connectivity index (χ3n) is 5.47. The van der Waals surface area contributed by atoms with E-state index in [-0.39, 0.29) is 20.1 Å². The van der Waals surface area contributed by atoms with Crippen molar-refractivity contribution < 1.29 is 20.1 Å². The topological polar surface area (TPSA) is 43.6 Å². The quantitative estimate of drug-likeness (QED) is 0.207. The number of para-hydroxylation sites is 1. The number of benzene rings is 4. The molecule has 161 valence electrons. The molecule has 4 nitrogen and oxygen atoms in total. The standard InChI is InChI=1S/C27H17N4S.Ir/c1-3-8-19(9-4-1)22-12-7-13-23(20-10-5-2-6-11-20)26(22)31-27(28-17-30-31)21-14-15-25-24(16-21)29-18-32-25;/h1-13,15-18H;/q-1;. The molecule has 33 heavy (non-hydrogen) atoms. The largest absolute Gasteiger partial charge is 0.265 e. The van der Waals surface area contributed by atoms with Crippen LogP contribution in [0.2, 0.25) is 0 Å². The minimum Gasteiger partial charge on any atom is -0.265 e. The molecule has 0 amide bonds. The zero-order valence-corrected chi connectivity index (χ0v) is 20.6. The fourth-order valence-corrected chi connectivity index (χ4v) is 4.63. The normalized spacial score (nSPS) is 10.8. The molecule has 2 heterocycles. The molecule has 0 N–H and O–H groups in total. The van der Waals surface area contributed by atoms with E-state index >= 15 is 0 Å². The van der Waals surface area contributed by atoms with E-state index in [4.69, 9.17) is 0 Å². The van der Waals surface area contributed by atoms with Crippen LogP contribution in [0.15, 0.2) is 103 Å². The van der Waals surface area contributed by atoms with Crippen molar-refractivity contribution in [3.63, 3.8) is 0 Å². The number of fused-ring (bicyclic) bond motifs is 1. The summed E-state index contributed by atoms with van der Waals surface area (Å²) in [6.45, 7) is 0. The summed E-state index contributed by atoms with van der Waals surface area (Å²) < 4.78 is 3.03. The van der Waals surface area contributed by atoms with Gasteiger partial charge in [-0.2, -0.15) is 16.4 Å². The van der Waals surface area contributed by atoms with E-state index < -0.39 is 0 Å². The fourth-order valence-electron chi connectivity index (χ4n) is 3.99. The molecule has 6 rings (SSSR count). The molecular weight excluding hydrogens is 605 g/mol. The molecule has 0 saturated heterocycles. The first-order valence-corrected chi connectivity index (χ1v) is 11.2. The van der Waals surface area contributed by atoms with E-state index in [0.717, 1.165) is 49.5 Å². The van der Waals surface area contributed by atoms with Gasteiger partial charge in [0.05, 0.1) is 17.0 Å². The second kappa shape index (κ2) is 9.20. The zero-order valence-electron chi connectivity index (χ0n) is 17.3. The Morgan fingerprint density at radius 1 is 0.758 bits per heavy atom. The van der Waals surface area contributed by atoms with Crippen LogP contribution in [0.4, 0.5) is 0 Å². The summed E-state index contributed by atoms with van der Waals surface area (Å²) in [6.07, 6.45) is 1.60. The molecule has 6 aromatic rings. The van der Waals surface area contributed by atoms with Gasteiger partial charge in [0.25, 0.3) is 0 Å². The minimum absolute atomic E-state index is 0. The number of nitrogens with zero attached hydrogens (tertiary/aromatic N) is 4. The molecule has 4 aromatic carbocycles. The van der Waals surface area contributed by atoms with Gasteiger partial charge >= 0.3 is 0 Å². The Morgan fingerprint density at radius 2 is 1.42 bits per heavy atom. The number of rotatable bonds is 4. The molecule has 0 aliphatic carbocycles. The Labute approximate surface area is 209 Å². The first kappa shape index (κ1) is 21.4. The van der Waals surface area contributed by atoms with Crippen LogP contribution in [0.5, 0.6) is 0 Å². The van der Waals surface area contributed by atoms with Gasteiger partial charge in [0.15, 0.2) is 0 Å². The number of hydrogen-bond donors (Lipinski definition) is 0. The Kier molecular flexibility index (Phi) is 5.97. The van der Waals surface area contributed by atoms with Crippen LogP contribution in [0.1, 0.15) is 0 Å². The molecule has 0 aliphatic rings. The predicted octanol–water partition coefficient (Wildman–Crippen LogP) is 6.68. The second-order valence-corrected chi connectivity index (χ2v) is 8.26. The van der Waals surface area contributed by atoms with Gasteiger partial charge in [0, 0.05) is 31.2 Å². The first-order chi connectivity index (χ1) is 15.9. The average molecular weight is 622 g/mol. The maximum atomic E-state index is 4.67. The summed E-state index contributed by atoms with van der Waals surface area (Å²) in [5.74, 6) is 0.737. The van der Waals surface area contributed by atoms with Crippen molar-refractivity contribution in [3.05, 3.63) is 109 Å². The van der Waals surface area contributed by atoms with Gasteiger partial charge in [-0.05, 0) is 21.3 Å². The number of aromatic nitrogens is 4. The molecule has 0 aliphatic heterocycles.